The number of nitriles is 2. The van der Waals surface area contributed by atoms with Crippen molar-refractivity contribution >= 4 is 0 Å². The van der Waals surface area contributed by atoms with E-state index in [9.17, 15) is 8.78 Å². The zero-order valence-corrected chi connectivity index (χ0v) is 9.52. The fourth-order valence-corrected chi connectivity index (χ4v) is 1.49. The predicted octanol–water partition coefficient (Wildman–Crippen LogP) is 3.50. The first-order valence-electron chi connectivity index (χ1n) is 5.22. The summed E-state index contributed by atoms with van der Waals surface area (Å²) in [7, 11) is 0. The highest BCUT2D eigenvalue weighted by Crippen LogP contribution is 2.30. The van der Waals surface area contributed by atoms with Gasteiger partial charge in [-0.25, -0.2) is 8.78 Å². The Morgan fingerprint density at radius 1 is 0.947 bits per heavy atom. The number of ether oxygens (including phenoxy) is 1. The average molecular weight is 256 g/mol. The number of para-hydroxylation sites is 1. The number of nitrogens with zero attached hydrogens (tertiary/aromatic N) is 2. The molecule has 0 unspecified atom stereocenters. The Kier molecular flexibility index (Phi) is 3.40. The highest BCUT2D eigenvalue weighted by molar-refractivity contribution is 5.55. The molecule has 0 N–H and O–H groups in total. The molecule has 0 bridgehead atoms. The summed E-state index contributed by atoms with van der Waals surface area (Å²) in [6, 6.07) is 10.9. The minimum atomic E-state index is -0.906. The van der Waals surface area contributed by atoms with Gasteiger partial charge < -0.3 is 4.74 Å². The minimum Gasteiger partial charge on any atom is -0.451 e. The van der Waals surface area contributed by atoms with E-state index >= 15 is 0 Å². The molecule has 0 spiro atoms. The van der Waals surface area contributed by atoms with Crippen LogP contribution in [0, 0.1) is 34.3 Å². The molecule has 0 saturated heterocycles. The Bertz CT molecular complexity index is 682. The molecule has 0 amide bonds. The molecule has 19 heavy (non-hydrogen) atoms. The smallest absolute Gasteiger partial charge is 0.168 e. The fourth-order valence-electron chi connectivity index (χ4n) is 1.49. The molecule has 0 aliphatic carbocycles. The molecule has 92 valence electrons. The van der Waals surface area contributed by atoms with Crippen LogP contribution in [-0.2, 0) is 0 Å². The van der Waals surface area contributed by atoms with Crippen LogP contribution in [0.2, 0.25) is 0 Å². The van der Waals surface area contributed by atoms with Gasteiger partial charge in [-0.1, -0.05) is 6.07 Å². The summed E-state index contributed by atoms with van der Waals surface area (Å²) >= 11 is 0. The normalized spacial score (nSPS) is 9.47. The van der Waals surface area contributed by atoms with E-state index in [2.05, 4.69) is 0 Å². The van der Waals surface area contributed by atoms with E-state index in [-0.39, 0.29) is 22.6 Å². The number of halogens is 2. The van der Waals surface area contributed by atoms with Gasteiger partial charge in [0.1, 0.15) is 18.0 Å². The van der Waals surface area contributed by atoms with Gasteiger partial charge in [0.15, 0.2) is 17.3 Å². The molecule has 2 rings (SSSR count). The van der Waals surface area contributed by atoms with Gasteiger partial charge in [-0.05, 0) is 24.3 Å². The highest BCUT2D eigenvalue weighted by Gasteiger charge is 2.13. The van der Waals surface area contributed by atoms with E-state index in [0.717, 1.165) is 12.1 Å². The summed E-state index contributed by atoms with van der Waals surface area (Å²) in [6.45, 7) is 0. The van der Waals surface area contributed by atoms with E-state index in [0.29, 0.717) is 6.07 Å². The van der Waals surface area contributed by atoms with E-state index in [1.165, 1.54) is 18.2 Å². The molecule has 0 fully saturated rings. The summed E-state index contributed by atoms with van der Waals surface area (Å²) in [5.74, 6) is -1.94. The van der Waals surface area contributed by atoms with Crippen molar-refractivity contribution in [3.8, 4) is 23.6 Å². The first-order chi connectivity index (χ1) is 9.15. The van der Waals surface area contributed by atoms with Gasteiger partial charge in [-0.2, -0.15) is 10.5 Å². The molecule has 2 aromatic carbocycles. The molecule has 0 heterocycles. The maximum absolute atomic E-state index is 13.5. The number of rotatable bonds is 2. The molecule has 3 nitrogen and oxygen atoms in total. The van der Waals surface area contributed by atoms with Crippen molar-refractivity contribution in [2.24, 2.45) is 0 Å². The lowest BCUT2D eigenvalue weighted by Gasteiger charge is -2.09. The third-order valence-electron chi connectivity index (χ3n) is 2.36. The van der Waals surface area contributed by atoms with Crippen molar-refractivity contribution in [1.29, 1.82) is 10.5 Å². The van der Waals surface area contributed by atoms with Crippen LogP contribution in [-0.4, -0.2) is 0 Å². The SMILES string of the molecule is N#Cc1cccc(C#N)c1Oc1ccc(F)cc1F. The second-order valence-electron chi connectivity index (χ2n) is 3.58. The van der Waals surface area contributed by atoms with Crippen molar-refractivity contribution < 1.29 is 13.5 Å². The van der Waals surface area contributed by atoms with Gasteiger partial charge in [0, 0.05) is 6.07 Å². The molecule has 5 heteroatoms. The van der Waals surface area contributed by atoms with Crippen LogP contribution in [0.25, 0.3) is 0 Å². The molecule has 0 radical (unpaired) electrons. The largest absolute Gasteiger partial charge is 0.451 e. The first kappa shape index (κ1) is 12.5. The quantitative estimate of drug-likeness (QED) is 0.826. The summed E-state index contributed by atoms with van der Waals surface area (Å²) in [5.41, 5.74) is 0.200. The number of hydrogen-bond acceptors (Lipinski definition) is 3. The highest BCUT2D eigenvalue weighted by atomic mass is 19.1. The van der Waals surface area contributed by atoms with Gasteiger partial charge in [0.05, 0.1) is 11.1 Å². The van der Waals surface area contributed by atoms with Crippen LogP contribution in [0.3, 0.4) is 0 Å². The molecule has 0 aromatic heterocycles. The fraction of sp³-hybridized carbons (Fsp3) is 0. The first-order valence-corrected chi connectivity index (χ1v) is 5.22. The van der Waals surface area contributed by atoms with E-state index in [1.54, 1.807) is 0 Å². The van der Waals surface area contributed by atoms with E-state index in [1.807, 2.05) is 12.1 Å². The Labute approximate surface area is 107 Å². The maximum Gasteiger partial charge on any atom is 0.168 e. The third-order valence-corrected chi connectivity index (χ3v) is 2.36. The third kappa shape index (κ3) is 2.51. The predicted molar refractivity (Wildman–Crippen MR) is 62.3 cm³/mol. The average Bonchev–Trinajstić information content (AvgIpc) is 2.42. The van der Waals surface area contributed by atoms with Crippen LogP contribution >= 0.6 is 0 Å². The Hall–Kier alpha value is -2.92. The van der Waals surface area contributed by atoms with Crippen molar-refractivity contribution in [2.45, 2.75) is 0 Å². The van der Waals surface area contributed by atoms with E-state index in [4.69, 9.17) is 15.3 Å². The molecule has 0 atom stereocenters. The van der Waals surface area contributed by atoms with Crippen LogP contribution in [0.4, 0.5) is 8.78 Å². The van der Waals surface area contributed by atoms with Crippen molar-refractivity contribution in [3.63, 3.8) is 0 Å². The Morgan fingerprint density at radius 2 is 1.58 bits per heavy atom. The standard InChI is InChI=1S/C14H6F2N2O/c15-11-4-5-13(12(16)6-11)19-14-9(7-17)2-1-3-10(14)8-18/h1-6H. The van der Waals surface area contributed by atoms with Crippen molar-refractivity contribution in [3.05, 3.63) is 59.2 Å². The van der Waals surface area contributed by atoms with Crippen LogP contribution < -0.4 is 4.74 Å². The van der Waals surface area contributed by atoms with Crippen LogP contribution in [0.1, 0.15) is 11.1 Å². The summed E-state index contributed by atoms with van der Waals surface area (Å²) in [4.78, 5) is 0. The minimum absolute atomic E-state index is 0.0435. The van der Waals surface area contributed by atoms with Crippen molar-refractivity contribution in [1.82, 2.24) is 0 Å². The lowest BCUT2D eigenvalue weighted by atomic mass is 10.1. The summed E-state index contributed by atoms with van der Waals surface area (Å²) in [5, 5.41) is 17.9. The molecule has 0 saturated carbocycles. The second-order valence-corrected chi connectivity index (χ2v) is 3.58. The van der Waals surface area contributed by atoms with Gasteiger partial charge in [0.25, 0.3) is 0 Å². The van der Waals surface area contributed by atoms with Gasteiger partial charge in [-0.15, -0.1) is 0 Å². The zero-order chi connectivity index (χ0) is 13.8. The zero-order valence-electron chi connectivity index (χ0n) is 9.52. The number of hydrogen-bond donors (Lipinski definition) is 0. The monoisotopic (exact) mass is 256 g/mol. The van der Waals surface area contributed by atoms with Gasteiger partial charge in [0.2, 0.25) is 0 Å². The Morgan fingerprint density at radius 3 is 2.11 bits per heavy atom. The van der Waals surface area contributed by atoms with Gasteiger partial charge >= 0.3 is 0 Å². The van der Waals surface area contributed by atoms with E-state index < -0.39 is 11.6 Å². The van der Waals surface area contributed by atoms with Crippen molar-refractivity contribution in [2.75, 3.05) is 0 Å². The Balaban J connectivity index is 2.49. The molecule has 0 aliphatic rings. The molecule has 0 aliphatic heterocycles. The van der Waals surface area contributed by atoms with Crippen LogP contribution in [0.5, 0.6) is 11.5 Å². The van der Waals surface area contributed by atoms with Gasteiger partial charge in [-0.3, -0.25) is 0 Å². The molecule has 2 aromatic rings. The second kappa shape index (κ2) is 5.16. The lowest BCUT2D eigenvalue weighted by Crippen LogP contribution is -1.94. The van der Waals surface area contributed by atoms with Crippen LogP contribution in [0.15, 0.2) is 36.4 Å². The topological polar surface area (TPSA) is 56.8 Å². The lowest BCUT2D eigenvalue weighted by molar-refractivity contribution is 0.435. The summed E-state index contributed by atoms with van der Waals surface area (Å²) in [6.07, 6.45) is 0. The number of benzene rings is 2. The molecular formula is C14H6F2N2O. The maximum atomic E-state index is 13.5. The summed E-state index contributed by atoms with van der Waals surface area (Å²) < 4.78 is 31.5. The molecular weight excluding hydrogens is 250 g/mol.